The number of nitrogens with zero attached hydrogens (tertiary/aromatic N) is 1. The zero-order valence-electron chi connectivity index (χ0n) is 12.2. The van der Waals surface area contributed by atoms with E-state index in [4.69, 9.17) is 4.74 Å². The first-order valence-corrected chi connectivity index (χ1v) is 7.36. The van der Waals surface area contributed by atoms with E-state index in [0.717, 1.165) is 36.5 Å². The maximum absolute atomic E-state index is 12.6. The molecule has 108 valence electrons. The number of methoxy groups -OCH3 is 1. The van der Waals surface area contributed by atoms with Gasteiger partial charge >= 0.3 is 0 Å². The Morgan fingerprint density at radius 3 is 3.00 bits per heavy atom. The van der Waals surface area contributed by atoms with Crippen LogP contribution < -0.4 is 10.1 Å². The first kappa shape index (κ1) is 13.4. The van der Waals surface area contributed by atoms with Gasteiger partial charge < -0.3 is 15.0 Å². The summed E-state index contributed by atoms with van der Waals surface area (Å²) in [6.45, 7) is 4.79. The van der Waals surface area contributed by atoms with Gasteiger partial charge in [-0.15, -0.1) is 0 Å². The standard InChI is InChI=1S/C16H22N2O2/c1-11-5-6-12(8-15(11)20-2)16(19)18-9-13-4-3-7-17-14(13)10-18/h5-6,8,13-14,17H,3-4,7,9-10H2,1-2H3. The minimum atomic E-state index is 0.125. The first-order valence-electron chi connectivity index (χ1n) is 7.36. The van der Waals surface area contributed by atoms with E-state index in [2.05, 4.69) is 5.32 Å². The van der Waals surface area contributed by atoms with Crippen molar-refractivity contribution in [2.45, 2.75) is 25.8 Å². The quantitative estimate of drug-likeness (QED) is 0.894. The van der Waals surface area contributed by atoms with Crippen LogP contribution in [0.4, 0.5) is 0 Å². The molecule has 0 saturated carbocycles. The predicted octanol–water partition coefficient (Wildman–Crippen LogP) is 1.83. The van der Waals surface area contributed by atoms with Crippen LogP contribution in [0.3, 0.4) is 0 Å². The van der Waals surface area contributed by atoms with E-state index < -0.39 is 0 Å². The summed E-state index contributed by atoms with van der Waals surface area (Å²) in [5.41, 5.74) is 1.78. The van der Waals surface area contributed by atoms with Gasteiger partial charge in [-0.05, 0) is 49.9 Å². The van der Waals surface area contributed by atoms with Crippen LogP contribution in [0.25, 0.3) is 0 Å². The second kappa shape index (κ2) is 5.44. The Morgan fingerprint density at radius 1 is 1.40 bits per heavy atom. The highest BCUT2D eigenvalue weighted by Crippen LogP contribution is 2.27. The molecule has 1 aromatic rings. The van der Waals surface area contributed by atoms with E-state index in [-0.39, 0.29) is 5.91 Å². The zero-order chi connectivity index (χ0) is 14.1. The van der Waals surface area contributed by atoms with Crippen molar-refractivity contribution in [2.75, 3.05) is 26.7 Å². The van der Waals surface area contributed by atoms with Gasteiger partial charge in [0.2, 0.25) is 0 Å². The fraction of sp³-hybridized carbons (Fsp3) is 0.562. The summed E-state index contributed by atoms with van der Waals surface area (Å²) in [5.74, 6) is 1.53. The van der Waals surface area contributed by atoms with E-state index >= 15 is 0 Å². The largest absolute Gasteiger partial charge is 0.496 e. The molecule has 1 amide bonds. The molecule has 2 saturated heterocycles. The van der Waals surface area contributed by atoms with Crippen LogP contribution in [0.15, 0.2) is 18.2 Å². The van der Waals surface area contributed by atoms with Crippen LogP contribution in [0.5, 0.6) is 5.75 Å². The topological polar surface area (TPSA) is 41.6 Å². The summed E-state index contributed by atoms with van der Waals surface area (Å²) in [5, 5.41) is 3.53. The van der Waals surface area contributed by atoms with Crippen molar-refractivity contribution in [2.24, 2.45) is 5.92 Å². The number of carbonyl (C=O) groups excluding carboxylic acids is 1. The molecule has 20 heavy (non-hydrogen) atoms. The second-order valence-corrected chi connectivity index (χ2v) is 5.86. The van der Waals surface area contributed by atoms with Gasteiger partial charge in [0.15, 0.2) is 0 Å². The molecule has 1 aromatic carbocycles. The van der Waals surface area contributed by atoms with Crippen molar-refractivity contribution >= 4 is 5.91 Å². The highest BCUT2D eigenvalue weighted by atomic mass is 16.5. The third kappa shape index (κ3) is 2.40. The molecule has 2 unspecified atom stereocenters. The fourth-order valence-corrected chi connectivity index (χ4v) is 3.35. The third-order valence-corrected chi connectivity index (χ3v) is 4.54. The highest BCUT2D eigenvalue weighted by molar-refractivity contribution is 5.95. The van der Waals surface area contributed by atoms with Crippen LogP contribution >= 0.6 is 0 Å². The Labute approximate surface area is 120 Å². The highest BCUT2D eigenvalue weighted by Gasteiger charge is 2.36. The van der Waals surface area contributed by atoms with Crippen molar-refractivity contribution < 1.29 is 9.53 Å². The summed E-state index contributed by atoms with van der Waals surface area (Å²) in [4.78, 5) is 14.6. The number of likely N-dealkylation sites (tertiary alicyclic amines) is 1. The number of ether oxygens (including phenoxy) is 1. The average Bonchev–Trinajstić information content (AvgIpc) is 2.91. The van der Waals surface area contributed by atoms with E-state index in [1.807, 2.05) is 30.0 Å². The normalized spacial score (nSPS) is 25.4. The predicted molar refractivity (Wildman–Crippen MR) is 78.1 cm³/mol. The van der Waals surface area contributed by atoms with Gasteiger partial charge in [0.25, 0.3) is 5.91 Å². The summed E-state index contributed by atoms with van der Waals surface area (Å²) >= 11 is 0. The van der Waals surface area contributed by atoms with Crippen LogP contribution in [-0.2, 0) is 0 Å². The van der Waals surface area contributed by atoms with Gasteiger partial charge in [-0.25, -0.2) is 0 Å². The fourth-order valence-electron chi connectivity index (χ4n) is 3.35. The molecule has 0 aliphatic carbocycles. The number of hydrogen-bond donors (Lipinski definition) is 1. The summed E-state index contributed by atoms with van der Waals surface area (Å²) in [7, 11) is 1.64. The number of hydrogen-bond acceptors (Lipinski definition) is 3. The lowest BCUT2D eigenvalue weighted by Crippen LogP contribution is -2.41. The van der Waals surface area contributed by atoms with Crippen molar-refractivity contribution in [1.82, 2.24) is 10.2 Å². The van der Waals surface area contributed by atoms with Gasteiger partial charge in [0.05, 0.1) is 7.11 Å². The molecular weight excluding hydrogens is 252 g/mol. The van der Waals surface area contributed by atoms with Crippen molar-refractivity contribution in [3.63, 3.8) is 0 Å². The van der Waals surface area contributed by atoms with Crippen molar-refractivity contribution in [1.29, 1.82) is 0 Å². The van der Waals surface area contributed by atoms with Gasteiger partial charge in [0.1, 0.15) is 5.75 Å². The van der Waals surface area contributed by atoms with Gasteiger partial charge in [0, 0.05) is 24.7 Å². The molecule has 2 fully saturated rings. The Balaban J connectivity index is 1.76. The molecule has 3 rings (SSSR count). The Hall–Kier alpha value is -1.55. The number of aryl methyl sites for hydroxylation is 1. The lowest BCUT2D eigenvalue weighted by Gasteiger charge is -2.24. The molecule has 0 spiro atoms. The number of amides is 1. The van der Waals surface area contributed by atoms with Crippen LogP contribution in [0.2, 0.25) is 0 Å². The van der Waals surface area contributed by atoms with Crippen LogP contribution in [0, 0.1) is 12.8 Å². The average molecular weight is 274 g/mol. The lowest BCUT2D eigenvalue weighted by molar-refractivity contribution is 0.0785. The molecule has 0 bridgehead atoms. The minimum Gasteiger partial charge on any atom is -0.496 e. The Morgan fingerprint density at radius 2 is 2.25 bits per heavy atom. The van der Waals surface area contributed by atoms with E-state index in [9.17, 15) is 4.79 Å². The molecule has 0 radical (unpaired) electrons. The summed E-state index contributed by atoms with van der Waals surface area (Å²) in [6.07, 6.45) is 2.46. The lowest BCUT2D eigenvalue weighted by atomic mass is 9.94. The molecule has 4 heteroatoms. The SMILES string of the molecule is COc1cc(C(=O)N2CC3CCCNC3C2)ccc1C. The number of carbonyl (C=O) groups is 1. The number of benzene rings is 1. The molecule has 2 heterocycles. The van der Waals surface area contributed by atoms with E-state index in [0.29, 0.717) is 12.0 Å². The van der Waals surface area contributed by atoms with Gasteiger partial charge in [-0.2, -0.15) is 0 Å². The van der Waals surface area contributed by atoms with E-state index in [1.54, 1.807) is 7.11 Å². The minimum absolute atomic E-state index is 0.125. The number of fused-ring (bicyclic) bond motifs is 1. The molecule has 0 aromatic heterocycles. The smallest absolute Gasteiger partial charge is 0.254 e. The Bertz CT molecular complexity index is 501. The van der Waals surface area contributed by atoms with Gasteiger partial charge in [-0.3, -0.25) is 4.79 Å². The molecule has 2 aliphatic rings. The number of rotatable bonds is 2. The molecule has 2 aliphatic heterocycles. The number of nitrogens with one attached hydrogen (secondary N) is 1. The third-order valence-electron chi connectivity index (χ3n) is 4.54. The molecule has 4 nitrogen and oxygen atoms in total. The van der Waals surface area contributed by atoms with Crippen LogP contribution in [0.1, 0.15) is 28.8 Å². The van der Waals surface area contributed by atoms with Crippen molar-refractivity contribution in [3.8, 4) is 5.75 Å². The zero-order valence-corrected chi connectivity index (χ0v) is 12.2. The maximum atomic E-state index is 12.6. The van der Waals surface area contributed by atoms with Gasteiger partial charge in [-0.1, -0.05) is 6.07 Å². The van der Waals surface area contributed by atoms with Crippen LogP contribution in [-0.4, -0.2) is 43.6 Å². The monoisotopic (exact) mass is 274 g/mol. The van der Waals surface area contributed by atoms with E-state index in [1.165, 1.54) is 12.8 Å². The molecular formula is C16H22N2O2. The summed E-state index contributed by atoms with van der Waals surface area (Å²) < 4.78 is 5.31. The maximum Gasteiger partial charge on any atom is 0.254 e. The molecule has 1 N–H and O–H groups in total. The van der Waals surface area contributed by atoms with Crippen molar-refractivity contribution in [3.05, 3.63) is 29.3 Å². The molecule has 2 atom stereocenters. The number of piperidine rings is 1. The first-order chi connectivity index (χ1) is 9.69. The second-order valence-electron chi connectivity index (χ2n) is 5.86. The summed E-state index contributed by atoms with van der Waals surface area (Å²) in [6, 6.07) is 6.19. The Kier molecular flexibility index (Phi) is 3.66.